The molecule has 0 unspecified atom stereocenters. The highest BCUT2D eigenvalue weighted by molar-refractivity contribution is 5.60. The summed E-state index contributed by atoms with van der Waals surface area (Å²) in [4.78, 5) is 0. The molecule has 0 aliphatic rings. The molecule has 0 saturated heterocycles. The Morgan fingerprint density at radius 3 is 1.42 bits per heavy atom. The van der Waals surface area contributed by atoms with Crippen LogP contribution in [-0.4, -0.2) is 10.2 Å². The predicted molar refractivity (Wildman–Crippen MR) is 99.6 cm³/mol. The van der Waals surface area contributed by atoms with Crippen LogP contribution < -0.4 is 0 Å². The normalized spacial score (nSPS) is 9.69. The monoisotopic (exact) mass is 344 g/mol. The SMILES string of the molecule is CCCc1cc(C#N)cc(C#Cc2cc(C#N)cc(CCC)c2O)c1O. The first-order valence-corrected chi connectivity index (χ1v) is 8.58. The molecule has 0 aliphatic carbocycles. The average Bonchev–Trinajstić information content (AvgIpc) is 2.65. The number of rotatable bonds is 4. The fourth-order valence-electron chi connectivity index (χ4n) is 2.76. The Morgan fingerprint density at radius 1 is 0.731 bits per heavy atom. The van der Waals surface area contributed by atoms with Gasteiger partial charge in [-0.05, 0) is 48.2 Å². The Morgan fingerprint density at radius 2 is 1.12 bits per heavy atom. The number of nitrogens with zero attached hydrogens (tertiary/aromatic N) is 2. The lowest BCUT2D eigenvalue weighted by atomic mass is 9.99. The maximum absolute atomic E-state index is 10.4. The summed E-state index contributed by atoms with van der Waals surface area (Å²) in [6.07, 6.45) is 2.96. The lowest BCUT2D eigenvalue weighted by Gasteiger charge is -2.07. The van der Waals surface area contributed by atoms with Gasteiger partial charge < -0.3 is 10.2 Å². The molecule has 0 aliphatic heterocycles. The van der Waals surface area contributed by atoms with Crippen LogP contribution in [0.2, 0.25) is 0 Å². The molecule has 2 rings (SSSR count). The molecular weight excluding hydrogens is 324 g/mol. The van der Waals surface area contributed by atoms with E-state index < -0.39 is 0 Å². The first kappa shape index (κ1) is 18.9. The first-order valence-electron chi connectivity index (χ1n) is 8.58. The smallest absolute Gasteiger partial charge is 0.134 e. The van der Waals surface area contributed by atoms with Gasteiger partial charge in [-0.15, -0.1) is 0 Å². The van der Waals surface area contributed by atoms with Crippen molar-refractivity contribution in [1.82, 2.24) is 0 Å². The summed E-state index contributed by atoms with van der Waals surface area (Å²) >= 11 is 0. The number of aryl methyl sites for hydroxylation is 2. The number of benzene rings is 2. The summed E-state index contributed by atoms with van der Waals surface area (Å²) in [7, 11) is 0. The molecule has 0 spiro atoms. The van der Waals surface area contributed by atoms with Crippen LogP contribution in [0.4, 0.5) is 0 Å². The van der Waals surface area contributed by atoms with Gasteiger partial charge in [0.15, 0.2) is 0 Å². The minimum atomic E-state index is 0.0584. The second kappa shape index (κ2) is 8.61. The van der Waals surface area contributed by atoms with Crippen LogP contribution in [0.25, 0.3) is 0 Å². The average molecular weight is 344 g/mol. The fourth-order valence-corrected chi connectivity index (χ4v) is 2.76. The van der Waals surface area contributed by atoms with E-state index in [4.69, 9.17) is 0 Å². The van der Waals surface area contributed by atoms with Gasteiger partial charge in [0, 0.05) is 0 Å². The highest BCUT2D eigenvalue weighted by atomic mass is 16.3. The second-order valence-electron chi connectivity index (χ2n) is 6.04. The zero-order valence-corrected chi connectivity index (χ0v) is 14.9. The van der Waals surface area contributed by atoms with Gasteiger partial charge in [-0.2, -0.15) is 10.5 Å². The molecule has 2 aromatic rings. The van der Waals surface area contributed by atoms with Gasteiger partial charge >= 0.3 is 0 Å². The highest BCUT2D eigenvalue weighted by Gasteiger charge is 2.10. The van der Waals surface area contributed by atoms with Crippen molar-refractivity contribution in [3.8, 4) is 35.5 Å². The molecule has 0 atom stereocenters. The van der Waals surface area contributed by atoms with Gasteiger partial charge in [-0.25, -0.2) is 0 Å². The summed E-state index contributed by atoms with van der Waals surface area (Å²) in [5.41, 5.74) is 2.89. The fraction of sp³-hybridized carbons (Fsp3) is 0.273. The molecule has 0 aromatic heterocycles. The molecule has 26 heavy (non-hydrogen) atoms. The van der Waals surface area contributed by atoms with Crippen LogP contribution in [0.15, 0.2) is 24.3 Å². The molecule has 0 bridgehead atoms. The Kier molecular flexibility index (Phi) is 6.26. The van der Waals surface area contributed by atoms with Crippen LogP contribution in [-0.2, 0) is 12.8 Å². The molecule has 4 nitrogen and oxygen atoms in total. The van der Waals surface area contributed by atoms with Crippen molar-refractivity contribution >= 4 is 0 Å². The van der Waals surface area contributed by atoms with Crippen molar-refractivity contribution < 1.29 is 10.2 Å². The predicted octanol–water partition coefficient (Wildman–Crippen LogP) is 4.15. The lowest BCUT2D eigenvalue weighted by molar-refractivity contribution is 0.465. The molecule has 4 heteroatoms. The van der Waals surface area contributed by atoms with Gasteiger partial charge in [0.25, 0.3) is 0 Å². The topological polar surface area (TPSA) is 88.0 Å². The van der Waals surface area contributed by atoms with Gasteiger partial charge in [0.05, 0.1) is 34.4 Å². The van der Waals surface area contributed by atoms with Crippen molar-refractivity contribution in [2.24, 2.45) is 0 Å². The van der Waals surface area contributed by atoms with Crippen LogP contribution in [0.5, 0.6) is 11.5 Å². The van der Waals surface area contributed by atoms with E-state index in [1.54, 1.807) is 12.1 Å². The minimum Gasteiger partial charge on any atom is -0.506 e. The summed E-state index contributed by atoms with van der Waals surface area (Å²) in [5, 5.41) is 39.2. The first-order chi connectivity index (χ1) is 12.5. The van der Waals surface area contributed by atoms with Crippen LogP contribution >= 0.6 is 0 Å². The maximum Gasteiger partial charge on any atom is 0.134 e. The summed E-state index contributed by atoms with van der Waals surface area (Å²) in [5.74, 6) is 5.80. The largest absolute Gasteiger partial charge is 0.506 e. The van der Waals surface area contributed by atoms with Crippen LogP contribution in [0.3, 0.4) is 0 Å². The molecule has 2 N–H and O–H groups in total. The van der Waals surface area contributed by atoms with Crippen LogP contribution in [0, 0.1) is 34.5 Å². The zero-order valence-electron chi connectivity index (χ0n) is 14.9. The Hall–Kier alpha value is -3.42. The van der Waals surface area contributed by atoms with Gasteiger partial charge in [0.1, 0.15) is 11.5 Å². The van der Waals surface area contributed by atoms with E-state index in [-0.39, 0.29) is 11.5 Å². The summed E-state index contributed by atoms with van der Waals surface area (Å²) in [6.45, 7) is 3.98. The van der Waals surface area contributed by atoms with Crippen LogP contribution in [0.1, 0.15) is 60.1 Å². The standard InChI is InChI=1S/C22H20N2O2/c1-3-5-17-9-15(13-23)11-19(21(17)25)7-8-20-12-16(14-24)10-18(6-4-2)22(20)26/h9-12,25-26H,3-6H2,1-2H3. The molecular formula is C22H20N2O2. The minimum absolute atomic E-state index is 0.0584. The summed E-state index contributed by atoms with van der Waals surface area (Å²) in [6, 6.07) is 10.5. The molecule has 0 radical (unpaired) electrons. The Labute approximate surface area is 154 Å². The third-order valence-corrected chi connectivity index (χ3v) is 4.01. The Bertz CT molecular complexity index is 889. The third kappa shape index (κ3) is 4.15. The van der Waals surface area contributed by atoms with E-state index in [0.29, 0.717) is 46.2 Å². The highest BCUT2D eigenvalue weighted by Crippen LogP contribution is 2.27. The molecule has 0 heterocycles. The quantitative estimate of drug-likeness (QED) is 0.816. The number of phenols is 2. The number of hydrogen-bond acceptors (Lipinski definition) is 4. The van der Waals surface area contributed by atoms with E-state index in [9.17, 15) is 20.7 Å². The number of phenolic OH excluding ortho intramolecular Hbond substituents is 2. The second-order valence-corrected chi connectivity index (χ2v) is 6.04. The van der Waals surface area contributed by atoms with Crippen molar-refractivity contribution in [2.45, 2.75) is 39.5 Å². The van der Waals surface area contributed by atoms with E-state index in [0.717, 1.165) is 12.8 Å². The van der Waals surface area contributed by atoms with E-state index in [1.807, 2.05) is 13.8 Å². The van der Waals surface area contributed by atoms with Crippen molar-refractivity contribution in [2.75, 3.05) is 0 Å². The number of hydrogen-bond donors (Lipinski definition) is 2. The maximum atomic E-state index is 10.4. The van der Waals surface area contributed by atoms with E-state index >= 15 is 0 Å². The van der Waals surface area contributed by atoms with Gasteiger partial charge in [-0.3, -0.25) is 0 Å². The van der Waals surface area contributed by atoms with Crippen molar-refractivity contribution in [3.05, 3.63) is 57.6 Å². The Balaban J connectivity index is 2.56. The number of nitriles is 2. The number of aromatic hydroxyl groups is 2. The van der Waals surface area contributed by atoms with Crippen molar-refractivity contribution in [1.29, 1.82) is 10.5 Å². The summed E-state index contributed by atoms with van der Waals surface area (Å²) < 4.78 is 0. The zero-order chi connectivity index (χ0) is 19.1. The molecule has 0 amide bonds. The molecule has 0 fully saturated rings. The van der Waals surface area contributed by atoms with Gasteiger partial charge in [-0.1, -0.05) is 38.5 Å². The van der Waals surface area contributed by atoms with E-state index in [1.165, 1.54) is 12.1 Å². The molecule has 2 aromatic carbocycles. The third-order valence-electron chi connectivity index (χ3n) is 4.01. The van der Waals surface area contributed by atoms with Crippen molar-refractivity contribution in [3.63, 3.8) is 0 Å². The molecule has 0 saturated carbocycles. The van der Waals surface area contributed by atoms with E-state index in [2.05, 4.69) is 24.0 Å². The van der Waals surface area contributed by atoms with Gasteiger partial charge in [0.2, 0.25) is 0 Å². The lowest BCUT2D eigenvalue weighted by Crippen LogP contribution is -1.92. The molecule has 130 valence electrons.